The van der Waals surface area contributed by atoms with Crippen LogP contribution in [0, 0.1) is 10.1 Å². The third-order valence-corrected chi connectivity index (χ3v) is 2.73. The topological polar surface area (TPSA) is 111 Å². The van der Waals surface area contributed by atoms with Crippen LogP contribution in [0.15, 0.2) is 24.7 Å². The second-order valence-electron chi connectivity index (χ2n) is 4.09. The number of nitro groups is 1. The van der Waals surface area contributed by atoms with Gasteiger partial charge < -0.3 is 5.11 Å². The Labute approximate surface area is 113 Å². The molecule has 0 radical (unpaired) electrons. The van der Waals surface area contributed by atoms with E-state index in [1.165, 1.54) is 6.07 Å². The summed E-state index contributed by atoms with van der Waals surface area (Å²) in [6.07, 6.45) is 5.75. The average Bonchev–Trinajstić information content (AvgIpc) is 2.86. The first-order valence-electron chi connectivity index (χ1n) is 5.95. The number of hydrogen-bond donors (Lipinski definition) is 1. The summed E-state index contributed by atoms with van der Waals surface area (Å²) in [5.41, 5.74) is -0.922. The molecule has 0 amide bonds. The number of carboxylic acids is 1. The van der Waals surface area contributed by atoms with Crippen LogP contribution in [-0.2, 0) is 6.42 Å². The Morgan fingerprint density at radius 1 is 1.50 bits per heavy atom. The lowest BCUT2D eigenvalue weighted by Crippen LogP contribution is -2.08. The number of rotatable bonds is 5. The van der Waals surface area contributed by atoms with Gasteiger partial charge in [-0.2, -0.15) is 0 Å². The minimum atomic E-state index is -1.36. The lowest BCUT2D eigenvalue weighted by atomic mass is 10.2. The van der Waals surface area contributed by atoms with E-state index in [1.54, 1.807) is 17.0 Å². The third-order valence-electron chi connectivity index (χ3n) is 2.73. The molecule has 0 bridgehead atoms. The standard InChI is InChI=1S/C12H12N4O4/c1-2-3-10-13-4-5-15(10)11-6-8(12(17)18)9(7-14-11)16(19)20/h4-7H,2-3H2,1H3,(H,17,18). The molecule has 0 fully saturated rings. The van der Waals surface area contributed by atoms with Crippen molar-refractivity contribution < 1.29 is 14.8 Å². The molecule has 0 saturated heterocycles. The van der Waals surface area contributed by atoms with E-state index < -0.39 is 22.1 Å². The number of imidazole rings is 1. The first-order chi connectivity index (χ1) is 9.54. The fourth-order valence-electron chi connectivity index (χ4n) is 1.84. The molecule has 0 unspecified atom stereocenters. The Balaban J connectivity index is 2.53. The predicted molar refractivity (Wildman–Crippen MR) is 69.0 cm³/mol. The summed E-state index contributed by atoms with van der Waals surface area (Å²) in [7, 11) is 0. The Morgan fingerprint density at radius 3 is 2.85 bits per heavy atom. The van der Waals surface area contributed by atoms with Crippen molar-refractivity contribution in [3.63, 3.8) is 0 Å². The van der Waals surface area contributed by atoms with Crippen molar-refractivity contribution in [2.45, 2.75) is 19.8 Å². The van der Waals surface area contributed by atoms with Gasteiger partial charge in [-0.05, 0) is 6.42 Å². The molecule has 104 valence electrons. The van der Waals surface area contributed by atoms with E-state index in [1.807, 2.05) is 6.92 Å². The Hall–Kier alpha value is -2.77. The van der Waals surface area contributed by atoms with E-state index in [4.69, 9.17) is 5.11 Å². The number of carboxylic acid groups (broad SMARTS) is 1. The molecular weight excluding hydrogens is 264 g/mol. The van der Waals surface area contributed by atoms with Crippen molar-refractivity contribution in [1.29, 1.82) is 0 Å². The lowest BCUT2D eigenvalue weighted by molar-refractivity contribution is -0.385. The maximum absolute atomic E-state index is 11.1. The number of aromatic nitrogens is 3. The fourth-order valence-corrected chi connectivity index (χ4v) is 1.84. The van der Waals surface area contributed by atoms with Crippen LogP contribution in [0.25, 0.3) is 5.82 Å². The molecule has 8 nitrogen and oxygen atoms in total. The van der Waals surface area contributed by atoms with Gasteiger partial charge >= 0.3 is 11.7 Å². The van der Waals surface area contributed by atoms with Gasteiger partial charge in [0.25, 0.3) is 0 Å². The van der Waals surface area contributed by atoms with Crippen LogP contribution in [0.1, 0.15) is 29.5 Å². The summed E-state index contributed by atoms with van der Waals surface area (Å²) in [6, 6.07) is 1.18. The van der Waals surface area contributed by atoms with Crippen molar-refractivity contribution in [3.05, 3.63) is 46.2 Å². The molecule has 0 aliphatic heterocycles. The molecule has 2 rings (SSSR count). The molecule has 0 aliphatic carbocycles. The first kappa shape index (κ1) is 13.7. The Kier molecular flexibility index (Phi) is 3.74. The molecule has 8 heteroatoms. The molecule has 2 aromatic rings. The molecule has 20 heavy (non-hydrogen) atoms. The Bertz CT molecular complexity index is 665. The summed E-state index contributed by atoms with van der Waals surface area (Å²) >= 11 is 0. The summed E-state index contributed by atoms with van der Waals surface area (Å²) in [4.78, 5) is 29.2. The van der Waals surface area contributed by atoms with Crippen molar-refractivity contribution >= 4 is 11.7 Å². The zero-order chi connectivity index (χ0) is 14.7. The minimum absolute atomic E-state index is 0.300. The molecule has 0 atom stereocenters. The SMILES string of the molecule is CCCc1nccn1-c1cc(C(=O)O)c([N+](=O)[O-])cn1. The Morgan fingerprint density at radius 2 is 2.25 bits per heavy atom. The third kappa shape index (κ3) is 2.48. The van der Waals surface area contributed by atoms with Gasteiger partial charge in [0.15, 0.2) is 0 Å². The quantitative estimate of drug-likeness (QED) is 0.658. The van der Waals surface area contributed by atoms with E-state index >= 15 is 0 Å². The van der Waals surface area contributed by atoms with E-state index in [0.29, 0.717) is 12.2 Å². The number of aryl methyl sites for hydroxylation is 1. The smallest absolute Gasteiger partial charge is 0.342 e. The van der Waals surface area contributed by atoms with Crippen molar-refractivity contribution in [3.8, 4) is 5.82 Å². The maximum atomic E-state index is 11.1. The lowest BCUT2D eigenvalue weighted by Gasteiger charge is -2.07. The number of nitrogens with zero attached hydrogens (tertiary/aromatic N) is 4. The second kappa shape index (κ2) is 5.47. The second-order valence-corrected chi connectivity index (χ2v) is 4.09. The average molecular weight is 276 g/mol. The molecule has 0 spiro atoms. The van der Waals surface area contributed by atoms with Crippen molar-refractivity contribution in [1.82, 2.24) is 14.5 Å². The van der Waals surface area contributed by atoms with Crippen LogP contribution in [0.2, 0.25) is 0 Å². The van der Waals surface area contributed by atoms with Crippen LogP contribution >= 0.6 is 0 Å². The maximum Gasteiger partial charge on any atom is 0.342 e. The monoisotopic (exact) mass is 276 g/mol. The highest BCUT2D eigenvalue weighted by Crippen LogP contribution is 2.20. The van der Waals surface area contributed by atoms with Gasteiger partial charge in [-0.25, -0.2) is 14.8 Å². The number of pyridine rings is 1. The van der Waals surface area contributed by atoms with E-state index in [9.17, 15) is 14.9 Å². The molecular formula is C12H12N4O4. The summed E-state index contributed by atoms with van der Waals surface area (Å²) < 4.78 is 1.62. The predicted octanol–water partition coefficient (Wildman–Crippen LogP) is 1.83. The van der Waals surface area contributed by atoms with Gasteiger partial charge in [0.2, 0.25) is 0 Å². The van der Waals surface area contributed by atoms with E-state index in [2.05, 4.69) is 9.97 Å². The highest BCUT2D eigenvalue weighted by molar-refractivity contribution is 5.92. The highest BCUT2D eigenvalue weighted by atomic mass is 16.6. The molecule has 0 aliphatic rings. The van der Waals surface area contributed by atoms with Crippen LogP contribution in [0.5, 0.6) is 0 Å². The number of hydrogen-bond acceptors (Lipinski definition) is 5. The number of aromatic carboxylic acids is 1. The number of carbonyl (C=O) groups is 1. The fraction of sp³-hybridized carbons (Fsp3) is 0.250. The normalized spacial score (nSPS) is 10.4. The van der Waals surface area contributed by atoms with Gasteiger partial charge in [-0.15, -0.1) is 0 Å². The van der Waals surface area contributed by atoms with E-state index in [0.717, 1.165) is 18.4 Å². The van der Waals surface area contributed by atoms with Crippen molar-refractivity contribution in [2.24, 2.45) is 0 Å². The summed E-state index contributed by atoms with van der Waals surface area (Å²) in [5.74, 6) is -0.336. The zero-order valence-electron chi connectivity index (χ0n) is 10.7. The van der Waals surface area contributed by atoms with Crippen molar-refractivity contribution in [2.75, 3.05) is 0 Å². The van der Waals surface area contributed by atoms with Gasteiger partial charge in [0.1, 0.15) is 23.4 Å². The zero-order valence-corrected chi connectivity index (χ0v) is 10.7. The van der Waals surface area contributed by atoms with Gasteiger partial charge in [0.05, 0.1) is 4.92 Å². The molecule has 2 aromatic heterocycles. The molecule has 0 saturated carbocycles. The van der Waals surface area contributed by atoms with Crippen LogP contribution < -0.4 is 0 Å². The van der Waals surface area contributed by atoms with Crippen LogP contribution in [0.4, 0.5) is 5.69 Å². The minimum Gasteiger partial charge on any atom is -0.477 e. The van der Waals surface area contributed by atoms with Gasteiger partial charge in [0, 0.05) is 24.9 Å². The molecule has 1 N–H and O–H groups in total. The summed E-state index contributed by atoms with van der Waals surface area (Å²) in [5, 5.41) is 19.8. The van der Waals surface area contributed by atoms with Crippen LogP contribution in [0.3, 0.4) is 0 Å². The van der Waals surface area contributed by atoms with Gasteiger partial charge in [-0.3, -0.25) is 14.7 Å². The summed E-state index contributed by atoms with van der Waals surface area (Å²) in [6.45, 7) is 1.99. The van der Waals surface area contributed by atoms with Crippen LogP contribution in [-0.4, -0.2) is 30.5 Å². The largest absolute Gasteiger partial charge is 0.477 e. The first-order valence-corrected chi connectivity index (χ1v) is 5.95. The molecule has 0 aromatic carbocycles. The van der Waals surface area contributed by atoms with Gasteiger partial charge in [-0.1, -0.05) is 6.92 Å². The van der Waals surface area contributed by atoms with E-state index in [-0.39, 0.29) is 0 Å². The highest BCUT2D eigenvalue weighted by Gasteiger charge is 2.22. The molecule has 2 heterocycles.